The number of aromatic carboxylic acids is 1. The van der Waals surface area contributed by atoms with Crippen LogP contribution < -0.4 is 4.90 Å². The van der Waals surface area contributed by atoms with E-state index in [9.17, 15) is 9.90 Å². The predicted octanol–water partition coefficient (Wildman–Crippen LogP) is 3.06. The van der Waals surface area contributed by atoms with Crippen molar-refractivity contribution < 1.29 is 9.90 Å². The first-order valence-corrected chi connectivity index (χ1v) is 6.81. The fraction of sp³-hybridized carbons (Fsp3) is 0.312. The maximum Gasteiger partial charge on any atom is 0.337 e. The van der Waals surface area contributed by atoms with Crippen LogP contribution in [0, 0.1) is 11.3 Å². The molecule has 5 heteroatoms. The molecule has 0 spiro atoms. The van der Waals surface area contributed by atoms with Crippen molar-refractivity contribution in [2.45, 2.75) is 26.3 Å². The fourth-order valence-electron chi connectivity index (χ4n) is 2.36. The second-order valence-electron chi connectivity index (χ2n) is 5.04. The number of carbonyl (C=O) groups is 1. The lowest BCUT2D eigenvalue weighted by atomic mass is 10.1. The van der Waals surface area contributed by atoms with Crippen molar-refractivity contribution in [3.05, 3.63) is 36.0 Å². The molecule has 0 saturated carbocycles. The molecule has 0 unspecified atom stereocenters. The van der Waals surface area contributed by atoms with Gasteiger partial charge in [-0.1, -0.05) is 24.3 Å². The molecule has 0 fully saturated rings. The number of anilines is 1. The zero-order chi connectivity index (χ0) is 15.4. The number of aromatic nitrogens is 1. The van der Waals surface area contributed by atoms with E-state index < -0.39 is 5.97 Å². The Labute approximate surface area is 123 Å². The monoisotopic (exact) mass is 283 g/mol. The number of pyridine rings is 1. The van der Waals surface area contributed by atoms with Crippen LogP contribution in [-0.4, -0.2) is 28.6 Å². The number of hydrogen-bond donors (Lipinski definition) is 1. The van der Waals surface area contributed by atoms with Gasteiger partial charge in [0.2, 0.25) is 0 Å². The summed E-state index contributed by atoms with van der Waals surface area (Å²) in [6, 6.07) is 9.64. The largest absolute Gasteiger partial charge is 0.478 e. The molecule has 2 rings (SSSR count). The quantitative estimate of drug-likeness (QED) is 0.912. The van der Waals surface area contributed by atoms with E-state index in [4.69, 9.17) is 5.26 Å². The molecule has 21 heavy (non-hydrogen) atoms. The zero-order valence-corrected chi connectivity index (χ0v) is 12.1. The van der Waals surface area contributed by atoms with Gasteiger partial charge in [-0.2, -0.15) is 5.26 Å². The molecule has 0 aliphatic carbocycles. The van der Waals surface area contributed by atoms with Gasteiger partial charge in [-0.25, -0.2) is 9.78 Å². The van der Waals surface area contributed by atoms with Crippen molar-refractivity contribution in [3.63, 3.8) is 0 Å². The third kappa shape index (κ3) is 2.95. The number of benzene rings is 1. The van der Waals surface area contributed by atoms with Crippen LogP contribution in [0.2, 0.25) is 0 Å². The van der Waals surface area contributed by atoms with Crippen LogP contribution in [0.3, 0.4) is 0 Å². The van der Waals surface area contributed by atoms with E-state index in [-0.39, 0.29) is 11.6 Å². The second-order valence-corrected chi connectivity index (χ2v) is 5.04. The van der Waals surface area contributed by atoms with Crippen molar-refractivity contribution in [2.75, 3.05) is 11.4 Å². The molecule has 5 nitrogen and oxygen atoms in total. The van der Waals surface area contributed by atoms with E-state index in [0.717, 1.165) is 11.2 Å². The highest BCUT2D eigenvalue weighted by Crippen LogP contribution is 2.28. The molecule has 0 atom stereocenters. The Kier molecular flexibility index (Phi) is 4.39. The van der Waals surface area contributed by atoms with Crippen molar-refractivity contribution in [3.8, 4) is 6.07 Å². The summed E-state index contributed by atoms with van der Waals surface area (Å²) in [5.41, 5.74) is 0.193. The predicted molar refractivity (Wildman–Crippen MR) is 81.4 cm³/mol. The van der Waals surface area contributed by atoms with Gasteiger partial charge >= 0.3 is 5.97 Å². The molecule has 0 saturated heterocycles. The minimum absolute atomic E-state index is 0.171. The molecule has 0 bridgehead atoms. The van der Waals surface area contributed by atoms with Gasteiger partial charge in [0.25, 0.3) is 0 Å². The maximum absolute atomic E-state index is 11.3. The van der Waals surface area contributed by atoms with E-state index >= 15 is 0 Å². The van der Waals surface area contributed by atoms with Gasteiger partial charge in [0.1, 0.15) is 5.82 Å². The van der Waals surface area contributed by atoms with Crippen LogP contribution in [0.4, 0.5) is 5.82 Å². The summed E-state index contributed by atoms with van der Waals surface area (Å²) in [7, 11) is 0. The molecular formula is C16H17N3O2. The second kappa shape index (κ2) is 6.23. The number of carboxylic acid groups (broad SMARTS) is 1. The molecule has 1 N–H and O–H groups in total. The summed E-state index contributed by atoms with van der Waals surface area (Å²) in [6.45, 7) is 4.62. The molecule has 1 aromatic carbocycles. The first-order chi connectivity index (χ1) is 10.1. The highest BCUT2D eigenvalue weighted by Gasteiger charge is 2.18. The number of hydrogen-bond acceptors (Lipinski definition) is 4. The summed E-state index contributed by atoms with van der Waals surface area (Å²) in [5, 5.41) is 19.5. The van der Waals surface area contributed by atoms with E-state index in [2.05, 4.69) is 11.1 Å². The van der Waals surface area contributed by atoms with E-state index in [1.807, 2.05) is 36.9 Å². The van der Waals surface area contributed by atoms with Crippen LogP contribution in [0.15, 0.2) is 30.5 Å². The molecule has 0 aliphatic heterocycles. The lowest BCUT2D eigenvalue weighted by Gasteiger charge is -2.28. The average Bonchev–Trinajstić information content (AvgIpc) is 2.47. The van der Waals surface area contributed by atoms with Crippen molar-refractivity contribution in [1.82, 2.24) is 4.98 Å². The Morgan fingerprint density at radius 2 is 2.05 bits per heavy atom. The first-order valence-electron chi connectivity index (χ1n) is 6.81. The van der Waals surface area contributed by atoms with E-state index in [0.29, 0.717) is 18.4 Å². The van der Waals surface area contributed by atoms with Crippen molar-refractivity contribution in [2.24, 2.45) is 0 Å². The number of nitriles is 1. The summed E-state index contributed by atoms with van der Waals surface area (Å²) < 4.78 is 0. The lowest BCUT2D eigenvalue weighted by Crippen LogP contribution is -2.32. The van der Waals surface area contributed by atoms with Crippen LogP contribution in [0.1, 0.15) is 30.6 Å². The molecule has 1 aromatic heterocycles. The minimum atomic E-state index is -0.988. The molecule has 0 amide bonds. The van der Waals surface area contributed by atoms with Crippen molar-refractivity contribution >= 4 is 22.6 Å². The smallest absolute Gasteiger partial charge is 0.337 e. The van der Waals surface area contributed by atoms with Gasteiger partial charge < -0.3 is 10.0 Å². The van der Waals surface area contributed by atoms with Crippen LogP contribution in [0.5, 0.6) is 0 Å². The summed E-state index contributed by atoms with van der Waals surface area (Å²) in [4.78, 5) is 17.7. The lowest BCUT2D eigenvalue weighted by molar-refractivity contribution is 0.0698. The molecule has 2 aromatic rings. The summed E-state index contributed by atoms with van der Waals surface area (Å²) >= 11 is 0. The first kappa shape index (κ1) is 14.8. The molecule has 108 valence electrons. The molecule has 0 aliphatic rings. The Hall–Kier alpha value is -2.61. The Balaban J connectivity index is 2.61. The Morgan fingerprint density at radius 3 is 2.62 bits per heavy atom. The SMILES string of the molecule is CC(C)N(CCC#N)c1ncc(C(=O)O)c2ccccc12. The zero-order valence-electron chi connectivity index (χ0n) is 12.1. The Morgan fingerprint density at radius 1 is 1.38 bits per heavy atom. The van der Waals surface area contributed by atoms with E-state index in [1.54, 1.807) is 6.07 Å². The fourth-order valence-corrected chi connectivity index (χ4v) is 2.36. The average molecular weight is 283 g/mol. The summed E-state index contributed by atoms with van der Waals surface area (Å²) in [5.74, 6) is -0.265. The molecule has 1 heterocycles. The van der Waals surface area contributed by atoms with E-state index in [1.165, 1.54) is 6.20 Å². The van der Waals surface area contributed by atoms with Crippen LogP contribution in [0.25, 0.3) is 10.8 Å². The van der Waals surface area contributed by atoms with Gasteiger partial charge in [-0.15, -0.1) is 0 Å². The maximum atomic E-state index is 11.3. The van der Waals surface area contributed by atoms with Gasteiger partial charge in [0.15, 0.2) is 0 Å². The third-order valence-electron chi connectivity index (χ3n) is 3.36. The summed E-state index contributed by atoms with van der Waals surface area (Å²) in [6.07, 6.45) is 1.79. The minimum Gasteiger partial charge on any atom is -0.478 e. The highest BCUT2D eigenvalue weighted by molar-refractivity contribution is 6.06. The van der Waals surface area contributed by atoms with Gasteiger partial charge in [-0.05, 0) is 13.8 Å². The number of rotatable bonds is 5. The number of fused-ring (bicyclic) bond motifs is 1. The topological polar surface area (TPSA) is 77.2 Å². The van der Waals surface area contributed by atoms with Crippen LogP contribution >= 0.6 is 0 Å². The van der Waals surface area contributed by atoms with Gasteiger partial charge in [-0.3, -0.25) is 0 Å². The van der Waals surface area contributed by atoms with Gasteiger partial charge in [0.05, 0.1) is 18.1 Å². The molecule has 0 radical (unpaired) electrons. The standard InChI is InChI=1S/C16H17N3O2/c1-11(2)19(9-5-8-17)15-13-7-4-3-6-12(13)14(10-18-15)16(20)21/h3-4,6-7,10-11H,5,9H2,1-2H3,(H,20,21). The van der Waals surface area contributed by atoms with Crippen molar-refractivity contribution in [1.29, 1.82) is 5.26 Å². The number of nitrogens with zero attached hydrogens (tertiary/aromatic N) is 3. The third-order valence-corrected chi connectivity index (χ3v) is 3.36. The highest BCUT2D eigenvalue weighted by atomic mass is 16.4. The normalized spacial score (nSPS) is 10.6. The van der Waals surface area contributed by atoms with Crippen LogP contribution in [-0.2, 0) is 0 Å². The van der Waals surface area contributed by atoms with Gasteiger partial charge in [0, 0.05) is 29.6 Å². The molecular weight excluding hydrogens is 266 g/mol. The Bertz CT molecular complexity index is 704. The number of carboxylic acids is 1.